The number of ether oxygens (including phenoxy) is 2. The van der Waals surface area contributed by atoms with Crippen LogP contribution in [0.15, 0.2) is 29.2 Å². The Labute approximate surface area is 165 Å². The molecule has 1 saturated heterocycles. The molecular formula is C18H27N3O6S. The highest BCUT2D eigenvalue weighted by atomic mass is 32.2. The molecule has 28 heavy (non-hydrogen) atoms. The lowest BCUT2D eigenvalue weighted by Crippen LogP contribution is -2.55. The smallest absolute Gasteiger partial charge is 0.409 e. The molecule has 2 rings (SSSR count). The minimum atomic E-state index is -3.84. The van der Waals surface area contributed by atoms with Gasteiger partial charge in [-0.15, -0.1) is 0 Å². The summed E-state index contributed by atoms with van der Waals surface area (Å²) in [6.07, 6.45) is -0.404. The van der Waals surface area contributed by atoms with Gasteiger partial charge in [-0.25, -0.2) is 13.2 Å². The maximum absolute atomic E-state index is 12.6. The molecule has 0 saturated carbocycles. The summed E-state index contributed by atoms with van der Waals surface area (Å²) in [6.45, 7) is 7.21. The van der Waals surface area contributed by atoms with Crippen LogP contribution in [0.4, 0.5) is 4.79 Å². The van der Waals surface area contributed by atoms with E-state index in [4.69, 9.17) is 9.47 Å². The highest BCUT2D eigenvalue weighted by Gasteiger charge is 2.29. The normalized spacial score (nSPS) is 15.8. The summed E-state index contributed by atoms with van der Waals surface area (Å²) in [4.78, 5) is 27.4. The van der Waals surface area contributed by atoms with E-state index in [-0.39, 0.29) is 10.8 Å². The Kier molecular flexibility index (Phi) is 7.64. The highest BCUT2D eigenvalue weighted by Crippen LogP contribution is 2.16. The van der Waals surface area contributed by atoms with Gasteiger partial charge in [0.2, 0.25) is 15.9 Å². The molecule has 1 fully saturated rings. The largest absolute Gasteiger partial charge is 0.494 e. The molecule has 1 atom stereocenters. The van der Waals surface area contributed by atoms with E-state index in [1.54, 1.807) is 24.0 Å². The zero-order valence-corrected chi connectivity index (χ0v) is 17.2. The van der Waals surface area contributed by atoms with Gasteiger partial charge >= 0.3 is 6.09 Å². The average molecular weight is 413 g/mol. The van der Waals surface area contributed by atoms with Crippen LogP contribution in [0.3, 0.4) is 0 Å². The van der Waals surface area contributed by atoms with E-state index in [0.717, 1.165) is 0 Å². The first kappa shape index (κ1) is 22.0. The van der Waals surface area contributed by atoms with Crippen LogP contribution in [0, 0.1) is 0 Å². The van der Waals surface area contributed by atoms with E-state index < -0.39 is 22.2 Å². The lowest BCUT2D eigenvalue weighted by molar-refractivity contribution is -0.134. The third-order valence-corrected chi connectivity index (χ3v) is 5.82. The van der Waals surface area contributed by atoms with E-state index in [1.165, 1.54) is 24.0 Å². The van der Waals surface area contributed by atoms with Crippen molar-refractivity contribution in [3.8, 4) is 5.75 Å². The van der Waals surface area contributed by atoms with Gasteiger partial charge < -0.3 is 19.3 Å². The molecule has 1 N–H and O–H groups in total. The second-order valence-electron chi connectivity index (χ2n) is 6.26. The van der Waals surface area contributed by atoms with Crippen molar-refractivity contribution in [1.29, 1.82) is 0 Å². The van der Waals surface area contributed by atoms with E-state index in [2.05, 4.69) is 4.72 Å². The SMILES string of the molecule is CCOC(=O)N1CCN(C(=O)[C@@H](C)NS(=O)(=O)c2ccc(OCC)cc2)CC1. The van der Waals surface area contributed by atoms with Crippen molar-refractivity contribution in [3.05, 3.63) is 24.3 Å². The van der Waals surface area contributed by atoms with Crippen molar-refractivity contribution in [2.45, 2.75) is 31.7 Å². The minimum absolute atomic E-state index is 0.0581. The zero-order valence-electron chi connectivity index (χ0n) is 16.4. The Morgan fingerprint density at radius 1 is 1.04 bits per heavy atom. The Hall–Kier alpha value is -2.33. The van der Waals surface area contributed by atoms with Crippen LogP contribution >= 0.6 is 0 Å². The van der Waals surface area contributed by atoms with Crippen LogP contribution in [0.1, 0.15) is 20.8 Å². The first-order valence-electron chi connectivity index (χ1n) is 9.24. The number of carbonyl (C=O) groups is 2. The minimum Gasteiger partial charge on any atom is -0.494 e. The third kappa shape index (κ3) is 5.59. The maximum atomic E-state index is 12.6. The van der Waals surface area contributed by atoms with Crippen molar-refractivity contribution < 1.29 is 27.5 Å². The van der Waals surface area contributed by atoms with Gasteiger partial charge in [0.05, 0.1) is 24.2 Å². The summed E-state index contributed by atoms with van der Waals surface area (Å²) in [7, 11) is -3.84. The molecule has 156 valence electrons. The molecule has 0 unspecified atom stereocenters. The molecular weight excluding hydrogens is 386 g/mol. The maximum Gasteiger partial charge on any atom is 0.409 e. The second-order valence-corrected chi connectivity index (χ2v) is 7.97. The van der Waals surface area contributed by atoms with Crippen molar-refractivity contribution in [1.82, 2.24) is 14.5 Å². The summed E-state index contributed by atoms with van der Waals surface area (Å²) in [5, 5.41) is 0. The number of benzene rings is 1. The fourth-order valence-corrected chi connectivity index (χ4v) is 4.03. The number of hydrogen-bond donors (Lipinski definition) is 1. The first-order chi connectivity index (χ1) is 13.3. The lowest BCUT2D eigenvalue weighted by atomic mass is 10.2. The van der Waals surface area contributed by atoms with Crippen molar-refractivity contribution in [3.63, 3.8) is 0 Å². The number of nitrogens with one attached hydrogen (secondary N) is 1. The van der Waals surface area contributed by atoms with Crippen LogP contribution in [-0.4, -0.2) is 75.7 Å². The quantitative estimate of drug-likeness (QED) is 0.716. The highest BCUT2D eigenvalue weighted by molar-refractivity contribution is 7.89. The number of hydrogen-bond acceptors (Lipinski definition) is 6. The molecule has 1 aliphatic heterocycles. The summed E-state index contributed by atoms with van der Waals surface area (Å²) < 4.78 is 37.7. The second kappa shape index (κ2) is 9.74. The van der Waals surface area contributed by atoms with Crippen LogP contribution in [0.5, 0.6) is 5.75 Å². The number of carbonyl (C=O) groups excluding carboxylic acids is 2. The number of amides is 2. The topological polar surface area (TPSA) is 105 Å². The zero-order chi connectivity index (χ0) is 20.7. The fourth-order valence-electron chi connectivity index (χ4n) is 2.83. The molecule has 0 aromatic heterocycles. The molecule has 0 radical (unpaired) electrons. The predicted molar refractivity (Wildman–Crippen MR) is 103 cm³/mol. The van der Waals surface area contributed by atoms with Gasteiger partial charge in [0, 0.05) is 26.2 Å². The Balaban J connectivity index is 1.93. The van der Waals surface area contributed by atoms with Gasteiger partial charge in [-0.05, 0) is 45.0 Å². The average Bonchev–Trinajstić information content (AvgIpc) is 2.68. The number of sulfonamides is 1. The Morgan fingerprint density at radius 3 is 2.14 bits per heavy atom. The number of piperazine rings is 1. The summed E-state index contributed by atoms with van der Waals surface area (Å²) in [5.74, 6) is 0.239. The van der Waals surface area contributed by atoms with Gasteiger partial charge in [0.15, 0.2) is 0 Å². The molecule has 0 aliphatic carbocycles. The lowest BCUT2D eigenvalue weighted by Gasteiger charge is -2.35. The van der Waals surface area contributed by atoms with Crippen molar-refractivity contribution in [2.24, 2.45) is 0 Å². The Morgan fingerprint density at radius 2 is 1.61 bits per heavy atom. The molecule has 1 aromatic rings. The number of rotatable bonds is 7. The van der Waals surface area contributed by atoms with E-state index in [0.29, 0.717) is 45.1 Å². The van der Waals surface area contributed by atoms with E-state index in [9.17, 15) is 18.0 Å². The molecule has 1 aromatic carbocycles. The molecule has 0 spiro atoms. The van der Waals surface area contributed by atoms with E-state index in [1.807, 2.05) is 6.92 Å². The first-order valence-corrected chi connectivity index (χ1v) is 10.7. The molecule has 1 aliphatic rings. The monoisotopic (exact) mass is 413 g/mol. The molecule has 1 heterocycles. The predicted octanol–water partition coefficient (Wildman–Crippen LogP) is 1.05. The summed E-state index contributed by atoms with van der Waals surface area (Å²) in [5.41, 5.74) is 0. The van der Waals surface area contributed by atoms with Crippen LogP contribution < -0.4 is 9.46 Å². The Bertz CT molecular complexity index is 773. The molecule has 2 amide bonds. The summed E-state index contributed by atoms with van der Waals surface area (Å²) >= 11 is 0. The third-order valence-electron chi connectivity index (χ3n) is 4.26. The summed E-state index contributed by atoms with van der Waals surface area (Å²) in [6, 6.07) is 5.08. The van der Waals surface area contributed by atoms with Crippen LogP contribution in [0.2, 0.25) is 0 Å². The van der Waals surface area contributed by atoms with Crippen LogP contribution in [-0.2, 0) is 19.6 Å². The van der Waals surface area contributed by atoms with E-state index >= 15 is 0 Å². The van der Waals surface area contributed by atoms with Crippen LogP contribution in [0.25, 0.3) is 0 Å². The number of nitrogens with zero attached hydrogens (tertiary/aromatic N) is 2. The molecule has 10 heteroatoms. The van der Waals surface area contributed by atoms with Gasteiger partial charge in [0.1, 0.15) is 5.75 Å². The van der Waals surface area contributed by atoms with Gasteiger partial charge in [-0.1, -0.05) is 0 Å². The standard InChI is InChI=1S/C18H27N3O6S/c1-4-26-15-6-8-16(9-7-15)28(24,25)19-14(3)17(22)20-10-12-21(13-11-20)18(23)27-5-2/h6-9,14,19H,4-5,10-13H2,1-3H3/t14-/m1/s1. The fraction of sp³-hybridized carbons (Fsp3) is 0.556. The van der Waals surface area contributed by atoms with Crippen molar-refractivity contribution >= 4 is 22.0 Å². The van der Waals surface area contributed by atoms with Gasteiger partial charge in [-0.2, -0.15) is 4.72 Å². The van der Waals surface area contributed by atoms with Crippen molar-refractivity contribution in [2.75, 3.05) is 39.4 Å². The van der Waals surface area contributed by atoms with Gasteiger partial charge in [-0.3, -0.25) is 4.79 Å². The molecule has 9 nitrogen and oxygen atoms in total. The molecule has 0 bridgehead atoms. The van der Waals surface area contributed by atoms with Gasteiger partial charge in [0.25, 0.3) is 0 Å².